The van der Waals surface area contributed by atoms with Gasteiger partial charge in [-0.15, -0.1) is 0 Å². The second-order valence-corrected chi connectivity index (χ2v) is 7.41. The molecule has 0 bridgehead atoms. The summed E-state index contributed by atoms with van der Waals surface area (Å²) in [4.78, 5) is 33.9. The van der Waals surface area contributed by atoms with Crippen molar-refractivity contribution in [1.29, 1.82) is 0 Å². The Labute approximate surface area is 167 Å². The Bertz CT molecular complexity index is 1090. The summed E-state index contributed by atoms with van der Waals surface area (Å²) in [6.07, 6.45) is 1.52. The number of piperidine rings is 1. The summed E-state index contributed by atoms with van der Waals surface area (Å²) in [6.45, 7) is 6.87. The zero-order valence-electron chi connectivity index (χ0n) is 16.7. The number of nitrogens with one attached hydrogen (secondary N) is 3. The lowest BCUT2D eigenvalue weighted by Crippen LogP contribution is -2.45. The molecule has 3 N–H and O–H groups in total. The van der Waals surface area contributed by atoms with E-state index >= 15 is 0 Å². The van der Waals surface area contributed by atoms with Crippen molar-refractivity contribution in [1.82, 2.24) is 25.5 Å². The molecular formula is C20H24N6O3. The lowest BCUT2D eigenvalue weighted by molar-refractivity contribution is 0.0926. The average Bonchev–Trinajstić information content (AvgIpc) is 3.35. The average molecular weight is 396 g/mol. The van der Waals surface area contributed by atoms with Gasteiger partial charge in [0, 0.05) is 36.5 Å². The van der Waals surface area contributed by atoms with Crippen molar-refractivity contribution in [3.8, 4) is 11.5 Å². The summed E-state index contributed by atoms with van der Waals surface area (Å²) in [5.41, 5.74) is 2.27. The van der Waals surface area contributed by atoms with Gasteiger partial charge in [-0.25, -0.2) is 4.98 Å². The fourth-order valence-electron chi connectivity index (χ4n) is 3.42. The Morgan fingerprint density at radius 2 is 2.00 bits per heavy atom. The smallest absolute Gasteiger partial charge is 0.272 e. The quantitative estimate of drug-likeness (QED) is 0.621. The van der Waals surface area contributed by atoms with Crippen LogP contribution in [0, 0.1) is 20.8 Å². The third-order valence-corrected chi connectivity index (χ3v) is 5.33. The highest BCUT2D eigenvalue weighted by Crippen LogP contribution is 2.21. The van der Waals surface area contributed by atoms with Gasteiger partial charge in [0.25, 0.3) is 11.5 Å². The fourth-order valence-corrected chi connectivity index (χ4v) is 3.42. The van der Waals surface area contributed by atoms with Crippen molar-refractivity contribution in [2.45, 2.75) is 39.7 Å². The van der Waals surface area contributed by atoms with Crippen LogP contribution in [-0.2, 0) is 0 Å². The van der Waals surface area contributed by atoms with Crippen LogP contribution in [0.25, 0.3) is 11.5 Å². The molecule has 0 spiro atoms. The molecule has 0 saturated carbocycles. The van der Waals surface area contributed by atoms with Crippen LogP contribution in [0.4, 0.5) is 5.95 Å². The number of anilines is 1. The molecule has 1 aliphatic rings. The summed E-state index contributed by atoms with van der Waals surface area (Å²) in [5, 5.41) is 9.98. The van der Waals surface area contributed by atoms with E-state index in [-0.39, 0.29) is 17.5 Å². The Kier molecular flexibility index (Phi) is 4.96. The van der Waals surface area contributed by atoms with Gasteiger partial charge in [-0.2, -0.15) is 5.10 Å². The van der Waals surface area contributed by atoms with Crippen molar-refractivity contribution in [2.75, 3.05) is 18.0 Å². The Hall–Kier alpha value is -3.36. The van der Waals surface area contributed by atoms with Crippen LogP contribution in [0.5, 0.6) is 0 Å². The standard InChI is InChI=1S/C20H24N6O3/c1-11-4-5-17(29-11)15-10-16(25-24-15)19(28)22-14-6-8-26(9-7-14)20-21-13(3)12(2)18(27)23-20/h4-5,10,14H,6-9H2,1-3H3,(H,22,28)(H,24,25)(H,21,23,27). The number of carbonyl (C=O) groups is 1. The number of aromatic nitrogens is 4. The molecule has 4 heterocycles. The van der Waals surface area contributed by atoms with Crippen LogP contribution >= 0.6 is 0 Å². The van der Waals surface area contributed by atoms with Gasteiger partial charge in [-0.1, -0.05) is 0 Å². The topological polar surface area (TPSA) is 120 Å². The lowest BCUT2D eigenvalue weighted by atomic mass is 10.1. The highest BCUT2D eigenvalue weighted by Gasteiger charge is 2.24. The van der Waals surface area contributed by atoms with Crippen LogP contribution in [-0.4, -0.2) is 45.2 Å². The Morgan fingerprint density at radius 1 is 1.24 bits per heavy atom. The minimum absolute atomic E-state index is 0.0445. The molecule has 3 aromatic rings. The molecule has 0 aromatic carbocycles. The molecule has 3 aromatic heterocycles. The number of amides is 1. The largest absolute Gasteiger partial charge is 0.460 e. The first kappa shape index (κ1) is 19.0. The molecule has 1 amide bonds. The zero-order valence-corrected chi connectivity index (χ0v) is 16.7. The summed E-state index contributed by atoms with van der Waals surface area (Å²) >= 11 is 0. The van der Waals surface area contributed by atoms with Crippen molar-refractivity contribution >= 4 is 11.9 Å². The van der Waals surface area contributed by atoms with Crippen LogP contribution in [0.15, 0.2) is 27.4 Å². The highest BCUT2D eigenvalue weighted by molar-refractivity contribution is 5.93. The van der Waals surface area contributed by atoms with E-state index in [1.807, 2.05) is 30.9 Å². The molecule has 1 aliphatic heterocycles. The van der Waals surface area contributed by atoms with Gasteiger partial charge < -0.3 is 14.6 Å². The van der Waals surface area contributed by atoms with Crippen LogP contribution in [0.1, 0.15) is 40.3 Å². The Balaban J connectivity index is 1.36. The van der Waals surface area contributed by atoms with E-state index < -0.39 is 0 Å². The fraction of sp³-hybridized carbons (Fsp3) is 0.400. The van der Waals surface area contributed by atoms with E-state index in [4.69, 9.17) is 4.42 Å². The summed E-state index contributed by atoms with van der Waals surface area (Å²) in [5.74, 6) is 1.82. The molecule has 0 unspecified atom stereocenters. The molecule has 9 nitrogen and oxygen atoms in total. The van der Waals surface area contributed by atoms with Gasteiger partial charge in [0.05, 0.1) is 0 Å². The minimum Gasteiger partial charge on any atom is -0.460 e. The van der Waals surface area contributed by atoms with E-state index in [2.05, 4.69) is 25.5 Å². The number of nitrogens with zero attached hydrogens (tertiary/aromatic N) is 3. The highest BCUT2D eigenvalue weighted by atomic mass is 16.3. The number of rotatable bonds is 4. The molecular weight excluding hydrogens is 372 g/mol. The third-order valence-electron chi connectivity index (χ3n) is 5.33. The predicted octanol–water partition coefficient (Wildman–Crippen LogP) is 2.08. The molecule has 4 rings (SSSR count). The second-order valence-electron chi connectivity index (χ2n) is 7.41. The van der Waals surface area contributed by atoms with E-state index in [0.29, 0.717) is 41.7 Å². The van der Waals surface area contributed by atoms with Crippen molar-refractivity contribution < 1.29 is 9.21 Å². The van der Waals surface area contributed by atoms with Crippen molar-refractivity contribution in [2.24, 2.45) is 0 Å². The van der Waals surface area contributed by atoms with Crippen LogP contribution < -0.4 is 15.8 Å². The van der Waals surface area contributed by atoms with Crippen molar-refractivity contribution in [3.63, 3.8) is 0 Å². The molecule has 0 atom stereocenters. The number of hydrogen-bond donors (Lipinski definition) is 3. The van der Waals surface area contributed by atoms with Crippen LogP contribution in [0.3, 0.4) is 0 Å². The minimum atomic E-state index is -0.216. The zero-order chi connectivity index (χ0) is 20.5. The number of furan rings is 1. The normalized spacial score (nSPS) is 14.9. The maximum atomic E-state index is 12.5. The van der Waals surface area contributed by atoms with E-state index in [1.54, 1.807) is 13.0 Å². The number of aryl methyl sites for hydroxylation is 2. The van der Waals surface area contributed by atoms with Crippen LogP contribution in [0.2, 0.25) is 0 Å². The summed E-state index contributed by atoms with van der Waals surface area (Å²) in [6, 6.07) is 5.43. The maximum Gasteiger partial charge on any atom is 0.272 e. The molecule has 1 saturated heterocycles. The Morgan fingerprint density at radius 3 is 2.66 bits per heavy atom. The van der Waals surface area contributed by atoms with E-state index in [9.17, 15) is 9.59 Å². The molecule has 152 valence electrons. The van der Waals surface area contributed by atoms with Gasteiger partial charge in [0.2, 0.25) is 5.95 Å². The molecule has 0 radical (unpaired) electrons. The monoisotopic (exact) mass is 396 g/mol. The SMILES string of the molecule is Cc1ccc(-c2cc(C(=O)NC3CCN(c4nc(C)c(C)c(=O)[nH]4)CC3)n[nH]2)o1. The van der Waals surface area contributed by atoms with Gasteiger partial charge in [-0.3, -0.25) is 19.7 Å². The summed E-state index contributed by atoms with van der Waals surface area (Å²) < 4.78 is 5.55. The number of H-pyrrole nitrogens is 2. The van der Waals surface area contributed by atoms with E-state index in [1.165, 1.54) is 0 Å². The lowest BCUT2D eigenvalue weighted by Gasteiger charge is -2.32. The van der Waals surface area contributed by atoms with Gasteiger partial charge in [0.15, 0.2) is 11.5 Å². The molecule has 1 fully saturated rings. The van der Waals surface area contributed by atoms with Gasteiger partial charge >= 0.3 is 0 Å². The van der Waals surface area contributed by atoms with E-state index in [0.717, 1.165) is 24.3 Å². The first-order chi connectivity index (χ1) is 13.9. The van der Waals surface area contributed by atoms with Crippen molar-refractivity contribution in [3.05, 3.63) is 51.3 Å². The number of aromatic amines is 2. The molecule has 0 aliphatic carbocycles. The number of hydrogen-bond acceptors (Lipinski definition) is 6. The second kappa shape index (κ2) is 7.57. The first-order valence-corrected chi connectivity index (χ1v) is 9.66. The number of carbonyl (C=O) groups excluding carboxylic acids is 1. The van der Waals surface area contributed by atoms with Gasteiger partial charge in [-0.05, 0) is 45.7 Å². The maximum absolute atomic E-state index is 12.5. The summed E-state index contributed by atoms with van der Waals surface area (Å²) in [7, 11) is 0. The predicted molar refractivity (Wildman–Crippen MR) is 108 cm³/mol. The third kappa shape index (κ3) is 3.94. The van der Waals surface area contributed by atoms with Gasteiger partial charge in [0.1, 0.15) is 11.5 Å². The first-order valence-electron chi connectivity index (χ1n) is 9.66. The molecule has 29 heavy (non-hydrogen) atoms. The molecule has 9 heteroatoms.